The topological polar surface area (TPSA) is 47.3 Å². The van der Waals surface area contributed by atoms with Crippen molar-refractivity contribution in [3.8, 4) is 0 Å². The van der Waals surface area contributed by atoms with Gasteiger partial charge in [0.25, 0.3) is 0 Å². The van der Waals surface area contributed by atoms with E-state index in [9.17, 15) is 13.2 Å². The van der Waals surface area contributed by atoms with Crippen LogP contribution in [0.2, 0.25) is 0 Å². The third-order valence-corrected chi connectivity index (χ3v) is 1.66. The monoisotopic (exact) mass is 220 g/mol. The fraction of sp³-hybridized carbons (Fsp3) is 0.333. The lowest BCUT2D eigenvalue weighted by Crippen LogP contribution is -2.24. The number of benzene rings is 1. The molecule has 0 aromatic heterocycles. The van der Waals surface area contributed by atoms with Gasteiger partial charge in [-0.25, -0.2) is 0 Å². The minimum Gasteiger partial charge on any atom is -0.398 e. The molecule has 1 aromatic rings. The van der Waals surface area contributed by atoms with Crippen LogP contribution < -0.4 is 11.2 Å². The summed E-state index contributed by atoms with van der Waals surface area (Å²) in [5.41, 5.74) is 8.98. The van der Waals surface area contributed by atoms with Crippen LogP contribution in [0.4, 0.5) is 18.9 Å². The lowest BCUT2D eigenvalue weighted by atomic mass is 10.2. The summed E-state index contributed by atoms with van der Waals surface area (Å²) >= 11 is 0. The van der Waals surface area contributed by atoms with Crippen molar-refractivity contribution in [3.05, 3.63) is 29.8 Å². The first-order chi connectivity index (χ1) is 6.99. The van der Waals surface area contributed by atoms with Gasteiger partial charge < -0.3 is 5.73 Å². The minimum atomic E-state index is -4.32. The van der Waals surface area contributed by atoms with Crippen LogP contribution in [-0.4, -0.2) is 12.8 Å². The summed E-state index contributed by atoms with van der Waals surface area (Å²) in [5.74, 6) is 0. The Kier molecular flexibility index (Phi) is 3.93. The van der Waals surface area contributed by atoms with Crippen molar-refractivity contribution < 1.29 is 18.0 Å². The molecule has 15 heavy (non-hydrogen) atoms. The van der Waals surface area contributed by atoms with E-state index in [1.165, 1.54) is 0 Å². The molecule has 0 amide bonds. The largest absolute Gasteiger partial charge is 0.413 e. The second-order valence-corrected chi connectivity index (χ2v) is 2.92. The lowest BCUT2D eigenvalue weighted by Gasteiger charge is -2.09. The third kappa shape index (κ3) is 4.66. The minimum absolute atomic E-state index is 0.142. The van der Waals surface area contributed by atoms with Crippen molar-refractivity contribution in [2.24, 2.45) is 0 Å². The second kappa shape index (κ2) is 4.99. The zero-order valence-corrected chi connectivity index (χ0v) is 7.84. The van der Waals surface area contributed by atoms with Crippen molar-refractivity contribution in [1.29, 1.82) is 0 Å². The van der Waals surface area contributed by atoms with Gasteiger partial charge in [-0.05, 0) is 11.6 Å². The first kappa shape index (κ1) is 11.8. The van der Waals surface area contributed by atoms with Crippen LogP contribution in [0.15, 0.2) is 24.3 Å². The van der Waals surface area contributed by atoms with E-state index in [0.29, 0.717) is 11.3 Å². The molecule has 3 nitrogen and oxygen atoms in total. The van der Waals surface area contributed by atoms with Gasteiger partial charge in [-0.2, -0.15) is 18.7 Å². The molecule has 0 aliphatic carbocycles. The predicted octanol–water partition coefficient (Wildman–Crippen LogP) is 1.85. The molecule has 3 N–H and O–H groups in total. The maximum Gasteiger partial charge on any atom is 0.413 e. The number of halogens is 3. The molecular formula is C9H11F3N2O. The molecule has 0 unspecified atom stereocenters. The zero-order chi connectivity index (χ0) is 11.3. The summed E-state index contributed by atoms with van der Waals surface area (Å²) < 4.78 is 35.0. The van der Waals surface area contributed by atoms with Crippen molar-refractivity contribution >= 4 is 5.69 Å². The number of hydrogen-bond acceptors (Lipinski definition) is 3. The standard InChI is InChI=1S/C9H11F3N2O/c10-9(11,12)6-15-14-5-7-3-1-2-4-8(7)13/h1-4,14H,5-6,13H2. The Bertz CT molecular complexity index is 314. The average Bonchev–Trinajstić information content (AvgIpc) is 2.13. The molecule has 0 aliphatic heterocycles. The normalized spacial score (nSPS) is 11.7. The van der Waals surface area contributed by atoms with E-state index in [1.807, 2.05) is 0 Å². The smallest absolute Gasteiger partial charge is 0.398 e. The van der Waals surface area contributed by atoms with E-state index in [1.54, 1.807) is 24.3 Å². The van der Waals surface area contributed by atoms with Crippen LogP contribution >= 0.6 is 0 Å². The number of para-hydroxylation sites is 1. The van der Waals surface area contributed by atoms with E-state index in [-0.39, 0.29) is 6.54 Å². The molecule has 1 rings (SSSR count). The summed E-state index contributed by atoms with van der Waals surface area (Å²) in [5, 5.41) is 0. The highest BCUT2D eigenvalue weighted by Crippen LogP contribution is 2.14. The van der Waals surface area contributed by atoms with Crippen molar-refractivity contribution in [3.63, 3.8) is 0 Å². The number of nitrogens with one attached hydrogen (secondary N) is 1. The Balaban J connectivity index is 2.30. The van der Waals surface area contributed by atoms with Gasteiger partial charge in [-0.3, -0.25) is 4.84 Å². The predicted molar refractivity (Wildman–Crippen MR) is 49.7 cm³/mol. The van der Waals surface area contributed by atoms with E-state index in [2.05, 4.69) is 10.3 Å². The van der Waals surface area contributed by atoms with E-state index >= 15 is 0 Å². The van der Waals surface area contributed by atoms with Crippen molar-refractivity contribution in [2.75, 3.05) is 12.3 Å². The van der Waals surface area contributed by atoms with Crippen LogP contribution in [0, 0.1) is 0 Å². The van der Waals surface area contributed by atoms with Gasteiger partial charge in [0.1, 0.15) is 0 Å². The highest BCUT2D eigenvalue weighted by Gasteiger charge is 2.27. The van der Waals surface area contributed by atoms with Gasteiger partial charge in [-0.1, -0.05) is 18.2 Å². The zero-order valence-electron chi connectivity index (χ0n) is 7.84. The molecule has 0 saturated heterocycles. The fourth-order valence-corrected chi connectivity index (χ4v) is 0.957. The summed E-state index contributed by atoms with van der Waals surface area (Å²) in [6.45, 7) is -1.18. The van der Waals surface area contributed by atoms with Gasteiger partial charge in [0.05, 0.1) is 0 Å². The summed E-state index contributed by atoms with van der Waals surface area (Å²) in [4.78, 5) is 4.23. The summed E-state index contributed by atoms with van der Waals surface area (Å²) in [6.07, 6.45) is -4.32. The molecule has 0 radical (unpaired) electrons. The second-order valence-electron chi connectivity index (χ2n) is 2.92. The van der Waals surface area contributed by atoms with Crippen molar-refractivity contribution in [1.82, 2.24) is 5.48 Å². The number of hydrogen-bond donors (Lipinski definition) is 2. The molecule has 1 aromatic carbocycles. The lowest BCUT2D eigenvalue weighted by molar-refractivity contribution is -0.190. The first-order valence-electron chi connectivity index (χ1n) is 4.24. The Morgan fingerprint density at radius 1 is 1.27 bits per heavy atom. The summed E-state index contributed by atoms with van der Waals surface area (Å²) in [7, 11) is 0. The fourth-order valence-electron chi connectivity index (χ4n) is 0.957. The molecular weight excluding hydrogens is 209 g/mol. The van der Waals surface area contributed by atoms with Crippen LogP contribution in [0.3, 0.4) is 0 Å². The highest BCUT2D eigenvalue weighted by atomic mass is 19.4. The number of nitrogen functional groups attached to an aromatic ring is 1. The van der Waals surface area contributed by atoms with E-state index < -0.39 is 12.8 Å². The van der Waals surface area contributed by atoms with Gasteiger partial charge in [0.15, 0.2) is 6.61 Å². The van der Waals surface area contributed by atoms with Crippen LogP contribution in [0.5, 0.6) is 0 Å². The Morgan fingerprint density at radius 3 is 2.53 bits per heavy atom. The average molecular weight is 220 g/mol. The maximum atomic E-state index is 11.7. The third-order valence-electron chi connectivity index (χ3n) is 1.66. The summed E-state index contributed by atoms with van der Waals surface area (Å²) in [6, 6.07) is 6.87. The number of rotatable bonds is 4. The SMILES string of the molecule is Nc1ccccc1CNOCC(F)(F)F. The maximum absolute atomic E-state index is 11.7. The quantitative estimate of drug-likeness (QED) is 0.462. The van der Waals surface area contributed by atoms with Crippen LogP contribution in [-0.2, 0) is 11.4 Å². The number of hydroxylamine groups is 1. The van der Waals surface area contributed by atoms with Crippen LogP contribution in [0.25, 0.3) is 0 Å². The van der Waals surface area contributed by atoms with Gasteiger partial charge in [-0.15, -0.1) is 0 Å². The molecule has 6 heteroatoms. The van der Waals surface area contributed by atoms with Gasteiger partial charge in [0, 0.05) is 12.2 Å². The molecule has 0 atom stereocenters. The van der Waals surface area contributed by atoms with Crippen LogP contribution in [0.1, 0.15) is 5.56 Å². The van der Waals surface area contributed by atoms with E-state index in [0.717, 1.165) is 0 Å². The Morgan fingerprint density at radius 2 is 1.93 bits per heavy atom. The molecule has 84 valence electrons. The Hall–Kier alpha value is -1.27. The number of alkyl halides is 3. The first-order valence-corrected chi connectivity index (χ1v) is 4.24. The molecule has 0 bridgehead atoms. The molecule has 0 fully saturated rings. The molecule has 0 spiro atoms. The highest BCUT2D eigenvalue weighted by molar-refractivity contribution is 5.45. The Labute approximate surface area is 85.0 Å². The van der Waals surface area contributed by atoms with Crippen molar-refractivity contribution in [2.45, 2.75) is 12.7 Å². The molecule has 0 heterocycles. The number of nitrogens with two attached hydrogens (primary N) is 1. The van der Waals surface area contributed by atoms with E-state index in [4.69, 9.17) is 5.73 Å². The van der Waals surface area contributed by atoms with Gasteiger partial charge >= 0.3 is 6.18 Å². The molecule has 0 aliphatic rings. The number of anilines is 1. The molecule has 0 saturated carbocycles. The van der Waals surface area contributed by atoms with Gasteiger partial charge in [0.2, 0.25) is 0 Å².